The van der Waals surface area contributed by atoms with E-state index in [-0.39, 0.29) is 11.3 Å². The maximum absolute atomic E-state index is 12.9. The summed E-state index contributed by atoms with van der Waals surface area (Å²) in [6.07, 6.45) is -4.40. The fraction of sp³-hybridized carbons (Fsp3) is 0.231. The van der Waals surface area contributed by atoms with Crippen LogP contribution in [0.4, 0.5) is 19.0 Å². The molecule has 0 aliphatic carbocycles. The van der Waals surface area contributed by atoms with E-state index in [1.54, 1.807) is 12.1 Å². The molecule has 1 aromatic heterocycles. The predicted octanol–water partition coefficient (Wildman–Crippen LogP) is 3.59. The number of hydrogen-bond acceptors (Lipinski definition) is 3. The van der Waals surface area contributed by atoms with Gasteiger partial charge in [-0.15, -0.1) is 10.2 Å². The average molecular weight is 267 g/mol. The highest BCUT2D eigenvalue weighted by molar-refractivity contribution is 5.64. The summed E-state index contributed by atoms with van der Waals surface area (Å²) in [5.41, 5.74) is -0.472. The van der Waals surface area contributed by atoms with Gasteiger partial charge in [0.15, 0.2) is 0 Å². The molecule has 0 aliphatic heterocycles. The minimum atomic E-state index is -4.40. The maximum atomic E-state index is 12.9. The van der Waals surface area contributed by atoms with Crippen LogP contribution in [0.1, 0.15) is 12.5 Å². The number of nitrogens with zero attached hydrogens (tertiary/aromatic N) is 2. The van der Waals surface area contributed by atoms with E-state index in [0.29, 0.717) is 12.4 Å². The van der Waals surface area contributed by atoms with Crippen LogP contribution in [0.15, 0.2) is 36.4 Å². The zero-order valence-electron chi connectivity index (χ0n) is 10.2. The monoisotopic (exact) mass is 267 g/mol. The molecule has 0 unspecified atom stereocenters. The van der Waals surface area contributed by atoms with Gasteiger partial charge in [-0.2, -0.15) is 13.2 Å². The highest BCUT2D eigenvalue weighted by atomic mass is 19.4. The summed E-state index contributed by atoms with van der Waals surface area (Å²) >= 11 is 0. The molecule has 1 heterocycles. The summed E-state index contributed by atoms with van der Waals surface area (Å²) < 4.78 is 38.6. The van der Waals surface area contributed by atoms with Crippen molar-refractivity contribution in [1.29, 1.82) is 0 Å². The van der Waals surface area contributed by atoms with Crippen LogP contribution in [-0.4, -0.2) is 16.7 Å². The Morgan fingerprint density at radius 3 is 2.37 bits per heavy atom. The fourth-order valence-corrected chi connectivity index (χ4v) is 1.70. The highest BCUT2D eigenvalue weighted by Crippen LogP contribution is 2.36. The fourth-order valence-electron chi connectivity index (χ4n) is 1.70. The number of aromatic nitrogens is 2. The van der Waals surface area contributed by atoms with Crippen LogP contribution >= 0.6 is 0 Å². The first-order valence-corrected chi connectivity index (χ1v) is 5.76. The topological polar surface area (TPSA) is 37.8 Å². The average Bonchev–Trinajstić information content (AvgIpc) is 2.39. The molecule has 100 valence electrons. The number of hydrogen-bond donors (Lipinski definition) is 1. The highest BCUT2D eigenvalue weighted by Gasteiger charge is 2.33. The summed E-state index contributed by atoms with van der Waals surface area (Å²) in [7, 11) is 0. The first-order chi connectivity index (χ1) is 9.02. The van der Waals surface area contributed by atoms with Crippen LogP contribution in [0.25, 0.3) is 11.3 Å². The minimum absolute atomic E-state index is 0.0329. The molecule has 2 rings (SSSR count). The van der Waals surface area contributed by atoms with Crippen LogP contribution in [0, 0.1) is 0 Å². The van der Waals surface area contributed by atoms with Crippen LogP contribution in [0.3, 0.4) is 0 Å². The number of halogens is 3. The zero-order valence-corrected chi connectivity index (χ0v) is 10.2. The predicted molar refractivity (Wildman–Crippen MR) is 66.6 cm³/mol. The molecule has 0 fully saturated rings. The van der Waals surface area contributed by atoms with Crippen molar-refractivity contribution in [2.75, 3.05) is 11.9 Å². The van der Waals surface area contributed by atoms with E-state index in [9.17, 15) is 13.2 Å². The third kappa shape index (κ3) is 3.01. The molecule has 0 spiro atoms. The van der Waals surface area contributed by atoms with Gasteiger partial charge in [-0.25, -0.2) is 0 Å². The Morgan fingerprint density at radius 2 is 1.79 bits per heavy atom. The van der Waals surface area contributed by atoms with Crippen molar-refractivity contribution in [3.63, 3.8) is 0 Å². The third-order valence-corrected chi connectivity index (χ3v) is 2.53. The lowest BCUT2D eigenvalue weighted by atomic mass is 10.0. The first-order valence-electron chi connectivity index (χ1n) is 5.76. The van der Waals surface area contributed by atoms with Gasteiger partial charge in [0.05, 0.1) is 11.3 Å². The number of nitrogens with one attached hydrogen (secondary N) is 1. The van der Waals surface area contributed by atoms with E-state index in [4.69, 9.17) is 0 Å². The van der Waals surface area contributed by atoms with Crippen LogP contribution in [0.2, 0.25) is 0 Å². The Labute approximate surface area is 108 Å². The molecule has 19 heavy (non-hydrogen) atoms. The van der Waals surface area contributed by atoms with Crippen molar-refractivity contribution >= 4 is 5.82 Å². The lowest BCUT2D eigenvalue weighted by Gasteiger charge is -2.11. The molecular formula is C13H12F3N3. The molecule has 1 aromatic carbocycles. The summed E-state index contributed by atoms with van der Waals surface area (Å²) in [6, 6.07) is 8.46. The molecule has 0 bridgehead atoms. The summed E-state index contributed by atoms with van der Waals surface area (Å²) in [4.78, 5) is 0. The smallest absolute Gasteiger partial charge is 0.369 e. The van der Waals surface area contributed by atoms with Crippen molar-refractivity contribution < 1.29 is 13.2 Å². The standard InChI is InChI=1S/C13H12F3N3/c1-2-17-12-8-7-11(18-19-12)9-5-3-4-6-10(9)13(14,15)16/h3-8H,2H2,1H3,(H,17,19). The van der Waals surface area contributed by atoms with Gasteiger partial charge in [0.1, 0.15) is 5.82 Å². The van der Waals surface area contributed by atoms with E-state index in [1.165, 1.54) is 18.2 Å². The van der Waals surface area contributed by atoms with Crippen LogP contribution < -0.4 is 5.32 Å². The molecule has 6 heteroatoms. The van der Waals surface area contributed by atoms with E-state index in [1.807, 2.05) is 6.92 Å². The number of rotatable bonds is 3. The van der Waals surface area contributed by atoms with Gasteiger partial charge in [-0.3, -0.25) is 0 Å². The summed E-state index contributed by atoms with van der Waals surface area (Å²) in [6.45, 7) is 2.57. The second-order valence-electron chi connectivity index (χ2n) is 3.88. The van der Waals surface area contributed by atoms with Crippen molar-refractivity contribution in [2.45, 2.75) is 13.1 Å². The molecule has 0 aliphatic rings. The Morgan fingerprint density at radius 1 is 1.05 bits per heavy atom. The summed E-state index contributed by atoms with van der Waals surface area (Å²) in [5, 5.41) is 10.6. The largest absolute Gasteiger partial charge is 0.417 e. The maximum Gasteiger partial charge on any atom is 0.417 e. The van der Waals surface area contributed by atoms with E-state index < -0.39 is 11.7 Å². The van der Waals surface area contributed by atoms with E-state index in [0.717, 1.165) is 6.07 Å². The van der Waals surface area contributed by atoms with Crippen molar-refractivity contribution in [3.8, 4) is 11.3 Å². The Balaban J connectivity index is 2.42. The number of alkyl halides is 3. The quantitative estimate of drug-likeness (QED) is 0.923. The number of benzene rings is 1. The van der Waals surface area contributed by atoms with Crippen molar-refractivity contribution in [2.24, 2.45) is 0 Å². The third-order valence-electron chi connectivity index (χ3n) is 2.53. The molecule has 0 atom stereocenters. The Hall–Kier alpha value is -2.11. The summed E-state index contributed by atoms with van der Waals surface area (Å²) in [5.74, 6) is 0.538. The number of anilines is 1. The zero-order chi connectivity index (χ0) is 13.9. The van der Waals surface area contributed by atoms with Gasteiger partial charge in [-0.05, 0) is 25.1 Å². The van der Waals surface area contributed by atoms with Crippen molar-refractivity contribution in [3.05, 3.63) is 42.0 Å². The van der Waals surface area contributed by atoms with Gasteiger partial charge >= 0.3 is 6.18 Å². The van der Waals surface area contributed by atoms with Gasteiger partial charge in [0, 0.05) is 12.1 Å². The molecule has 0 amide bonds. The van der Waals surface area contributed by atoms with Crippen LogP contribution in [-0.2, 0) is 6.18 Å². The van der Waals surface area contributed by atoms with Gasteiger partial charge in [0.25, 0.3) is 0 Å². The molecule has 1 N–H and O–H groups in total. The molecule has 0 saturated heterocycles. The first kappa shape index (κ1) is 13.3. The van der Waals surface area contributed by atoms with Crippen LogP contribution in [0.5, 0.6) is 0 Å². The SMILES string of the molecule is CCNc1ccc(-c2ccccc2C(F)(F)F)nn1. The molecule has 0 saturated carbocycles. The van der Waals surface area contributed by atoms with E-state index >= 15 is 0 Å². The normalized spacial score (nSPS) is 11.4. The van der Waals surface area contributed by atoms with Gasteiger partial charge < -0.3 is 5.32 Å². The Kier molecular flexibility index (Phi) is 3.69. The van der Waals surface area contributed by atoms with E-state index in [2.05, 4.69) is 15.5 Å². The second kappa shape index (κ2) is 5.26. The second-order valence-corrected chi connectivity index (χ2v) is 3.88. The molecule has 2 aromatic rings. The van der Waals surface area contributed by atoms with Crippen molar-refractivity contribution in [1.82, 2.24) is 10.2 Å². The molecular weight excluding hydrogens is 255 g/mol. The van der Waals surface area contributed by atoms with Gasteiger partial charge in [-0.1, -0.05) is 18.2 Å². The molecule has 3 nitrogen and oxygen atoms in total. The minimum Gasteiger partial charge on any atom is -0.369 e. The lowest BCUT2D eigenvalue weighted by Crippen LogP contribution is -2.08. The Bertz CT molecular complexity index is 550. The molecule has 0 radical (unpaired) electrons. The lowest BCUT2D eigenvalue weighted by molar-refractivity contribution is -0.137. The van der Waals surface area contributed by atoms with Gasteiger partial charge in [0.2, 0.25) is 0 Å².